The Hall–Kier alpha value is -1.000. The molecule has 76 valence electrons. The second-order valence-corrected chi connectivity index (χ2v) is 4.63. The van der Waals surface area contributed by atoms with Crippen LogP contribution >= 0.6 is 34.4 Å². The Bertz CT molecular complexity index is 434. The van der Waals surface area contributed by atoms with Crippen LogP contribution in [0.2, 0.25) is 0 Å². The minimum absolute atomic E-state index is 0.222. The standard InChI is InChI=1S/C10H7IN2OS/c11-8-3-1-7(2-4-8)10(14)9(5-12)15-6-13/h1-5H,12H2/b9-5-. The van der Waals surface area contributed by atoms with Crippen molar-refractivity contribution in [1.29, 1.82) is 5.26 Å². The van der Waals surface area contributed by atoms with Gasteiger partial charge in [-0.3, -0.25) is 4.79 Å². The van der Waals surface area contributed by atoms with Crippen LogP contribution < -0.4 is 5.73 Å². The van der Waals surface area contributed by atoms with Gasteiger partial charge in [0.15, 0.2) is 0 Å². The van der Waals surface area contributed by atoms with Crippen LogP contribution in [0.1, 0.15) is 10.4 Å². The third kappa shape index (κ3) is 3.25. The SMILES string of the molecule is N#CS/C(=C\N)C(=O)c1ccc(I)cc1. The van der Waals surface area contributed by atoms with Crippen molar-refractivity contribution in [2.45, 2.75) is 0 Å². The van der Waals surface area contributed by atoms with Gasteiger partial charge in [0.1, 0.15) is 5.40 Å². The van der Waals surface area contributed by atoms with Crippen LogP contribution in [0.3, 0.4) is 0 Å². The molecule has 2 N–H and O–H groups in total. The lowest BCUT2D eigenvalue weighted by atomic mass is 10.1. The van der Waals surface area contributed by atoms with Gasteiger partial charge in [-0.05, 0) is 58.6 Å². The van der Waals surface area contributed by atoms with E-state index in [1.165, 1.54) is 0 Å². The molecule has 0 saturated carbocycles. The van der Waals surface area contributed by atoms with Crippen molar-refractivity contribution in [3.05, 3.63) is 44.5 Å². The topological polar surface area (TPSA) is 66.9 Å². The van der Waals surface area contributed by atoms with Gasteiger partial charge in [-0.1, -0.05) is 0 Å². The largest absolute Gasteiger partial charge is 0.404 e. The van der Waals surface area contributed by atoms with Crippen LogP contribution in [-0.4, -0.2) is 5.78 Å². The van der Waals surface area contributed by atoms with Crippen molar-refractivity contribution in [1.82, 2.24) is 0 Å². The average Bonchev–Trinajstić information content (AvgIpc) is 2.26. The lowest BCUT2D eigenvalue weighted by Gasteiger charge is -2.00. The number of halogens is 1. The van der Waals surface area contributed by atoms with E-state index in [1.807, 2.05) is 17.5 Å². The number of rotatable bonds is 3. The highest BCUT2D eigenvalue weighted by molar-refractivity contribution is 14.1. The van der Waals surface area contributed by atoms with Crippen molar-refractivity contribution in [2.24, 2.45) is 5.73 Å². The number of thioether (sulfide) groups is 1. The summed E-state index contributed by atoms with van der Waals surface area (Å²) in [5.41, 5.74) is 5.81. The van der Waals surface area contributed by atoms with Crippen LogP contribution in [0.15, 0.2) is 35.4 Å². The number of hydrogen-bond donors (Lipinski definition) is 1. The normalized spacial score (nSPS) is 10.8. The predicted octanol–water partition coefficient (Wildman–Crippen LogP) is 2.49. The molecule has 1 rings (SSSR count). The Kier molecular flexibility index (Phi) is 4.65. The molecule has 0 fully saturated rings. The molecule has 0 radical (unpaired) electrons. The van der Waals surface area contributed by atoms with E-state index in [4.69, 9.17) is 11.0 Å². The molecule has 3 nitrogen and oxygen atoms in total. The fraction of sp³-hybridized carbons (Fsp3) is 0. The summed E-state index contributed by atoms with van der Waals surface area (Å²) in [4.78, 5) is 12.0. The predicted molar refractivity (Wildman–Crippen MR) is 69.0 cm³/mol. The van der Waals surface area contributed by atoms with E-state index >= 15 is 0 Å². The van der Waals surface area contributed by atoms with Crippen LogP contribution in [0, 0.1) is 14.2 Å². The first-order valence-electron chi connectivity index (χ1n) is 3.97. The number of hydrogen-bond acceptors (Lipinski definition) is 4. The van der Waals surface area contributed by atoms with Crippen molar-refractivity contribution in [3.63, 3.8) is 0 Å². The number of carbonyl (C=O) groups is 1. The molecule has 1 aromatic carbocycles. The van der Waals surface area contributed by atoms with E-state index < -0.39 is 0 Å². The third-order valence-electron chi connectivity index (χ3n) is 1.64. The Morgan fingerprint density at radius 3 is 2.53 bits per heavy atom. The van der Waals surface area contributed by atoms with Gasteiger partial charge >= 0.3 is 0 Å². The highest BCUT2D eigenvalue weighted by atomic mass is 127. The number of allylic oxidation sites excluding steroid dienone is 1. The maximum atomic E-state index is 11.8. The van der Waals surface area contributed by atoms with E-state index in [-0.39, 0.29) is 10.7 Å². The molecular formula is C10H7IN2OS. The van der Waals surface area contributed by atoms with E-state index in [9.17, 15) is 4.79 Å². The molecule has 0 saturated heterocycles. The van der Waals surface area contributed by atoms with Crippen LogP contribution in [0.4, 0.5) is 0 Å². The number of nitriles is 1. The zero-order valence-corrected chi connectivity index (χ0v) is 10.6. The summed E-state index contributed by atoms with van der Waals surface area (Å²) in [7, 11) is 0. The molecule has 1 aromatic rings. The zero-order valence-electron chi connectivity index (χ0n) is 7.61. The third-order valence-corrected chi connectivity index (χ3v) is 2.99. The maximum Gasteiger partial charge on any atom is 0.201 e. The second kappa shape index (κ2) is 5.78. The quantitative estimate of drug-likeness (QED) is 0.400. The summed E-state index contributed by atoms with van der Waals surface area (Å²) in [6.07, 6.45) is 1.16. The van der Waals surface area contributed by atoms with Crippen LogP contribution in [-0.2, 0) is 0 Å². The molecule has 0 atom stereocenters. The number of Topliss-reactive ketones (excluding diaryl/α,β-unsaturated/α-hetero) is 1. The van der Waals surface area contributed by atoms with E-state index in [0.717, 1.165) is 21.5 Å². The molecule has 0 aliphatic carbocycles. The molecule has 15 heavy (non-hydrogen) atoms. The van der Waals surface area contributed by atoms with Crippen LogP contribution in [0.5, 0.6) is 0 Å². The first-order chi connectivity index (χ1) is 7.19. The molecule has 0 bridgehead atoms. The Morgan fingerprint density at radius 1 is 1.47 bits per heavy atom. The molecule has 0 aliphatic rings. The highest BCUT2D eigenvalue weighted by Gasteiger charge is 2.12. The van der Waals surface area contributed by atoms with Crippen molar-refractivity contribution in [3.8, 4) is 5.40 Å². The smallest absolute Gasteiger partial charge is 0.201 e. The monoisotopic (exact) mass is 330 g/mol. The molecule has 0 heterocycles. The zero-order chi connectivity index (χ0) is 11.3. The molecule has 0 amide bonds. The number of benzene rings is 1. The first kappa shape index (κ1) is 12.1. The van der Waals surface area contributed by atoms with Gasteiger partial charge in [-0.2, -0.15) is 5.26 Å². The first-order valence-corrected chi connectivity index (χ1v) is 5.86. The van der Waals surface area contributed by atoms with Gasteiger partial charge in [-0.15, -0.1) is 0 Å². The van der Waals surface area contributed by atoms with Crippen molar-refractivity contribution in [2.75, 3.05) is 0 Å². The number of nitrogens with zero attached hydrogens (tertiary/aromatic N) is 1. The molecular weight excluding hydrogens is 323 g/mol. The highest BCUT2D eigenvalue weighted by Crippen LogP contribution is 2.19. The lowest BCUT2D eigenvalue weighted by Crippen LogP contribution is -2.02. The maximum absolute atomic E-state index is 11.8. The van der Waals surface area contributed by atoms with Crippen molar-refractivity contribution < 1.29 is 4.79 Å². The average molecular weight is 330 g/mol. The molecule has 0 aliphatic heterocycles. The number of carbonyl (C=O) groups excluding carboxylic acids is 1. The van der Waals surface area contributed by atoms with Gasteiger partial charge in [0.2, 0.25) is 5.78 Å². The molecule has 5 heteroatoms. The summed E-state index contributed by atoms with van der Waals surface area (Å²) in [5.74, 6) is -0.222. The summed E-state index contributed by atoms with van der Waals surface area (Å²) in [6.45, 7) is 0. The molecule has 0 spiro atoms. The van der Waals surface area contributed by atoms with Crippen molar-refractivity contribution >= 4 is 40.1 Å². The Balaban J connectivity index is 2.94. The Labute approximate surface area is 105 Å². The minimum atomic E-state index is -0.222. The van der Waals surface area contributed by atoms with E-state index in [0.29, 0.717) is 5.56 Å². The van der Waals surface area contributed by atoms with Gasteiger partial charge in [-0.25, -0.2) is 0 Å². The minimum Gasteiger partial charge on any atom is -0.404 e. The fourth-order valence-corrected chi connectivity index (χ4v) is 1.69. The lowest BCUT2D eigenvalue weighted by molar-refractivity contribution is 0.104. The molecule has 0 aromatic heterocycles. The number of ketones is 1. The van der Waals surface area contributed by atoms with Crippen LogP contribution in [0.25, 0.3) is 0 Å². The van der Waals surface area contributed by atoms with Gasteiger partial charge in [0.25, 0.3) is 0 Å². The van der Waals surface area contributed by atoms with E-state index in [1.54, 1.807) is 12.1 Å². The summed E-state index contributed by atoms with van der Waals surface area (Å²) in [6, 6.07) is 7.09. The van der Waals surface area contributed by atoms with Gasteiger partial charge in [0, 0.05) is 15.3 Å². The number of nitrogens with two attached hydrogens (primary N) is 1. The second-order valence-electron chi connectivity index (χ2n) is 2.56. The fourth-order valence-electron chi connectivity index (χ4n) is 0.949. The summed E-state index contributed by atoms with van der Waals surface area (Å²) < 4.78 is 1.05. The van der Waals surface area contributed by atoms with Gasteiger partial charge in [0.05, 0.1) is 4.91 Å². The number of thiocyanates is 1. The van der Waals surface area contributed by atoms with E-state index in [2.05, 4.69) is 22.6 Å². The summed E-state index contributed by atoms with van der Waals surface area (Å²) in [5, 5.41) is 10.3. The Morgan fingerprint density at radius 2 is 2.07 bits per heavy atom. The molecule has 0 unspecified atom stereocenters. The summed E-state index contributed by atoms with van der Waals surface area (Å²) >= 11 is 2.93. The van der Waals surface area contributed by atoms with Gasteiger partial charge < -0.3 is 5.73 Å².